The Hall–Kier alpha value is -2.78. The molecule has 1 aliphatic carbocycles. The molecule has 2 amide bonds. The van der Waals surface area contributed by atoms with Crippen molar-refractivity contribution in [2.24, 2.45) is 11.3 Å². The molecule has 10 heteroatoms. The van der Waals surface area contributed by atoms with Crippen LogP contribution in [0.5, 0.6) is 0 Å². The Labute approximate surface area is 237 Å². The van der Waals surface area contributed by atoms with Crippen LogP contribution < -0.4 is 5.32 Å². The van der Waals surface area contributed by atoms with E-state index in [-0.39, 0.29) is 24.4 Å². The number of halogens is 4. The second-order valence-corrected chi connectivity index (χ2v) is 11.8. The van der Waals surface area contributed by atoms with Crippen LogP contribution >= 0.6 is 11.6 Å². The molecule has 2 aromatic rings. The summed E-state index contributed by atoms with van der Waals surface area (Å²) in [5.41, 5.74) is -2.55. The van der Waals surface area contributed by atoms with Crippen LogP contribution in [0.4, 0.5) is 18.9 Å². The zero-order chi connectivity index (χ0) is 28.5. The number of carbonyl (C=O) groups excluding carboxylic acids is 2. The molecule has 0 unspecified atom stereocenters. The van der Waals surface area contributed by atoms with E-state index in [1.54, 1.807) is 18.2 Å². The molecule has 216 valence electrons. The molecule has 0 radical (unpaired) electrons. The van der Waals surface area contributed by atoms with Gasteiger partial charge in [0.15, 0.2) is 0 Å². The molecular formula is C30H35ClF3N3O3. The summed E-state index contributed by atoms with van der Waals surface area (Å²) in [6, 6.07) is 12.0. The highest BCUT2D eigenvalue weighted by molar-refractivity contribution is 6.34. The summed E-state index contributed by atoms with van der Waals surface area (Å²) in [4.78, 5) is 28.6. The number of hydrogen-bond donors (Lipinski definition) is 2. The van der Waals surface area contributed by atoms with E-state index in [9.17, 15) is 27.9 Å². The largest absolute Gasteiger partial charge is 0.430 e. The average molecular weight is 578 g/mol. The Balaban J connectivity index is 1.08. The van der Waals surface area contributed by atoms with Gasteiger partial charge in [0.05, 0.1) is 10.6 Å². The van der Waals surface area contributed by atoms with Crippen LogP contribution in [0.25, 0.3) is 0 Å². The van der Waals surface area contributed by atoms with Gasteiger partial charge in [-0.2, -0.15) is 13.2 Å². The van der Waals surface area contributed by atoms with Gasteiger partial charge in [0.1, 0.15) is 0 Å². The minimum Gasteiger partial charge on any atom is -0.385 e. The SMILES string of the molecule is O=C(c1ccc(NCCC[C@@H]2CC23CCN(C(=O)[C@](O)(c2ccccc2)C(F)(F)F)CC3)cc1Cl)N1CCCC1. The zero-order valence-electron chi connectivity index (χ0n) is 22.4. The van der Waals surface area contributed by atoms with Gasteiger partial charge in [-0.3, -0.25) is 9.59 Å². The van der Waals surface area contributed by atoms with Crippen molar-refractivity contribution in [1.29, 1.82) is 0 Å². The lowest BCUT2D eigenvalue weighted by molar-refractivity contribution is -0.262. The molecule has 0 aromatic heterocycles. The number of carbonyl (C=O) groups is 2. The van der Waals surface area contributed by atoms with Gasteiger partial charge >= 0.3 is 6.18 Å². The lowest BCUT2D eigenvalue weighted by Gasteiger charge is -2.39. The summed E-state index contributed by atoms with van der Waals surface area (Å²) in [5, 5.41) is 14.4. The molecule has 2 saturated heterocycles. The predicted molar refractivity (Wildman–Crippen MR) is 147 cm³/mol. The molecule has 2 N–H and O–H groups in total. The van der Waals surface area contributed by atoms with E-state index in [1.807, 2.05) is 11.0 Å². The number of piperidine rings is 1. The van der Waals surface area contributed by atoms with Crippen LogP contribution in [0.2, 0.25) is 5.02 Å². The Morgan fingerprint density at radius 2 is 1.68 bits per heavy atom. The maximum Gasteiger partial charge on any atom is 0.430 e. The Bertz CT molecular complexity index is 1230. The molecule has 0 bridgehead atoms. The topological polar surface area (TPSA) is 72.9 Å². The molecule has 2 atom stereocenters. The van der Waals surface area contributed by atoms with Gasteiger partial charge in [-0.15, -0.1) is 0 Å². The molecule has 6 nitrogen and oxygen atoms in total. The first-order chi connectivity index (χ1) is 19.0. The third kappa shape index (κ3) is 5.55. The number of nitrogens with one attached hydrogen (secondary N) is 1. The molecule has 2 aromatic carbocycles. The first-order valence-electron chi connectivity index (χ1n) is 14.0. The second-order valence-electron chi connectivity index (χ2n) is 11.4. The number of rotatable bonds is 8. The van der Waals surface area contributed by atoms with Crippen molar-refractivity contribution < 1.29 is 27.9 Å². The van der Waals surface area contributed by atoms with E-state index in [2.05, 4.69) is 5.32 Å². The summed E-state index contributed by atoms with van der Waals surface area (Å²) in [7, 11) is 0. The zero-order valence-corrected chi connectivity index (χ0v) is 23.1. The highest BCUT2D eigenvalue weighted by Gasteiger charge is 2.63. The van der Waals surface area contributed by atoms with Crippen LogP contribution in [0.15, 0.2) is 48.5 Å². The van der Waals surface area contributed by atoms with Crippen molar-refractivity contribution in [3.63, 3.8) is 0 Å². The van der Waals surface area contributed by atoms with E-state index in [1.165, 1.54) is 17.0 Å². The van der Waals surface area contributed by atoms with Crippen LogP contribution in [0.1, 0.15) is 60.9 Å². The molecule has 2 heterocycles. The van der Waals surface area contributed by atoms with Gasteiger partial charge in [0.2, 0.25) is 0 Å². The average Bonchev–Trinajstić information content (AvgIpc) is 3.32. The highest BCUT2D eigenvalue weighted by Crippen LogP contribution is 2.61. The van der Waals surface area contributed by atoms with Crippen molar-refractivity contribution >= 4 is 29.1 Å². The summed E-state index contributed by atoms with van der Waals surface area (Å²) >= 11 is 6.40. The van der Waals surface area contributed by atoms with Gasteiger partial charge in [-0.05, 0) is 74.5 Å². The molecule has 40 heavy (non-hydrogen) atoms. The summed E-state index contributed by atoms with van der Waals surface area (Å²) in [6.45, 7) is 2.70. The number of aliphatic hydroxyl groups is 1. The fourth-order valence-electron chi connectivity index (χ4n) is 6.39. The fourth-order valence-corrected chi connectivity index (χ4v) is 6.66. The van der Waals surface area contributed by atoms with Crippen molar-refractivity contribution in [3.05, 3.63) is 64.7 Å². The van der Waals surface area contributed by atoms with Crippen LogP contribution in [0.3, 0.4) is 0 Å². The lowest BCUT2D eigenvalue weighted by Crippen LogP contribution is -2.57. The Morgan fingerprint density at radius 3 is 2.30 bits per heavy atom. The van der Waals surface area contributed by atoms with Gasteiger partial charge in [-0.1, -0.05) is 41.9 Å². The van der Waals surface area contributed by atoms with Crippen molar-refractivity contribution in [3.8, 4) is 0 Å². The minimum atomic E-state index is -5.12. The summed E-state index contributed by atoms with van der Waals surface area (Å²) < 4.78 is 41.8. The van der Waals surface area contributed by atoms with E-state index in [0.29, 0.717) is 29.3 Å². The third-order valence-electron chi connectivity index (χ3n) is 8.97. The van der Waals surface area contributed by atoms with E-state index >= 15 is 0 Å². The number of benzene rings is 2. The number of hydrogen-bond acceptors (Lipinski definition) is 4. The third-order valence-corrected chi connectivity index (χ3v) is 9.28. The van der Waals surface area contributed by atoms with Gasteiger partial charge in [0.25, 0.3) is 17.4 Å². The lowest BCUT2D eigenvalue weighted by atomic mass is 9.86. The monoisotopic (exact) mass is 577 g/mol. The molecule has 3 fully saturated rings. The maximum atomic E-state index is 13.9. The fraction of sp³-hybridized carbons (Fsp3) is 0.533. The van der Waals surface area contributed by atoms with E-state index in [4.69, 9.17) is 11.6 Å². The molecule has 3 aliphatic rings. The van der Waals surface area contributed by atoms with Gasteiger partial charge < -0.3 is 20.2 Å². The first kappa shape index (κ1) is 28.7. The quantitative estimate of drug-likeness (QED) is 0.386. The summed E-state index contributed by atoms with van der Waals surface area (Å²) in [5.74, 6) is -0.843. The van der Waals surface area contributed by atoms with Gasteiger partial charge in [-0.25, -0.2) is 0 Å². The molecular weight excluding hydrogens is 543 g/mol. The van der Waals surface area contributed by atoms with Crippen molar-refractivity contribution in [1.82, 2.24) is 9.80 Å². The molecule has 1 saturated carbocycles. The second kappa shape index (κ2) is 11.2. The number of alkyl halides is 3. The molecule has 1 spiro atoms. The number of amides is 2. The number of anilines is 1. The highest BCUT2D eigenvalue weighted by atomic mass is 35.5. The first-order valence-corrected chi connectivity index (χ1v) is 14.4. The normalized spacial score (nSPS) is 21.8. The maximum absolute atomic E-state index is 13.9. The van der Waals surface area contributed by atoms with Crippen LogP contribution in [0, 0.1) is 11.3 Å². The summed E-state index contributed by atoms with van der Waals surface area (Å²) in [6.07, 6.45) is 1.12. The number of nitrogens with zero attached hydrogens (tertiary/aromatic N) is 2. The smallest absolute Gasteiger partial charge is 0.385 e. The molecule has 2 aliphatic heterocycles. The Kier molecular flexibility index (Phi) is 8.08. The van der Waals surface area contributed by atoms with Crippen molar-refractivity contribution in [2.75, 3.05) is 38.0 Å². The van der Waals surface area contributed by atoms with Crippen LogP contribution in [-0.2, 0) is 10.4 Å². The molecule has 5 rings (SSSR count). The number of likely N-dealkylation sites (tertiary alicyclic amines) is 2. The van der Waals surface area contributed by atoms with E-state index in [0.717, 1.165) is 69.6 Å². The van der Waals surface area contributed by atoms with E-state index < -0.39 is 23.2 Å². The minimum absolute atomic E-state index is 0.0241. The predicted octanol–water partition coefficient (Wildman–Crippen LogP) is 5.85. The Morgan fingerprint density at radius 1 is 1.00 bits per heavy atom. The standard InChI is InChI=1S/C30H35ClF3N3O3/c31-25-19-23(10-11-24(25)26(38)36-15-4-5-16-36)35-14-6-9-22-20-28(22)12-17-37(18-13-28)27(39)29(40,30(32,33)34)21-7-2-1-3-8-21/h1-3,7-8,10-11,19,22,35,40H,4-6,9,12-18,20H2/t22-,29-/m1/s1. The van der Waals surface area contributed by atoms with Crippen molar-refractivity contribution in [2.45, 2.75) is 56.7 Å². The van der Waals surface area contributed by atoms with Crippen LogP contribution in [-0.4, -0.2) is 65.6 Å². The van der Waals surface area contributed by atoms with Gasteiger partial charge in [0, 0.05) is 44.0 Å².